The zero-order chi connectivity index (χ0) is 18.5. The van der Waals surface area contributed by atoms with Crippen LogP contribution in [0.15, 0.2) is 16.9 Å². The SMILES string of the molecule is COc1nc(CNC(=O)c2ccc(=O)n(C)n2)nc(N2CCOCC2)n1. The molecule has 11 heteroatoms. The van der Waals surface area contributed by atoms with Crippen molar-refractivity contribution < 1.29 is 14.3 Å². The number of rotatable bonds is 5. The Labute approximate surface area is 149 Å². The van der Waals surface area contributed by atoms with Gasteiger partial charge in [0.2, 0.25) is 5.95 Å². The lowest BCUT2D eigenvalue weighted by Gasteiger charge is -2.26. The van der Waals surface area contributed by atoms with Crippen molar-refractivity contribution in [2.75, 3.05) is 38.3 Å². The lowest BCUT2D eigenvalue weighted by molar-refractivity contribution is 0.0942. The minimum Gasteiger partial charge on any atom is -0.467 e. The van der Waals surface area contributed by atoms with Gasteiger partial charge in [0.05, 0.1) is 26.9 Å². The number of hydrogen-bond acceptors (Lipinski definition) is 9. The Bertz CT molecular complexity index is 848. The molecule has 138 valence electrons. The van der Waals surface area contributed by atoms with Crippen molar-refractivity contribution in [2.24, 2.45) is 7.05 Å². The predicted octanol–water partition coefficient (Wildman–Crippen LogP) is -1.26. The van der Waals surface area contributed by atoms with Crippen LogP contribution in [0.4, 0.5) is 5.95 Å². The first-order valence-electron chi connectivity index (χ1n) is 8.01. The van der Waals surface area contributed by atoms with Gasteiger partial charge in [-0.3, -0.25) is 9.59 Å². The Kier molecular flexibility index (Phi) is 5.37. The first kappa shape index (κ1) is 17.7. The smallest absolute Gasteiger partial charge is 0.321 e. The minimum absolute atomic E-state index is 0.0690. The van der Waals surface area contributed by atoms with Crippen molar-refractivity contribution in [1.82, 2.24) is 30.0 Å². The molecule has 11 nitrogen and oxygen atoms in total. The van der Waals surface area contributed by atoms with E-state index in [0.717, 1.165) is 4.68 Å². The van der Waals surface area contributed by atoms with Crippen LogP contribution in [0, 0.1) is 0 Å². The second kappa shape index (κ2) is 7.87. The number of anilines is 1. The Morgan fingerprint density at radius 1 is 1.27 bits per heavy atom. The maximum Gasteiger partial charge on any atom is 0.321 e. The quantitative estimate of drug-likeness (QED) is 0.695. The number of nitrogens with zero attached hydrogens (tertiary/aromatic N) is 6. The molecular formula is C15H19N7O4. The fourth-order valence-corrected chi connectivity index (χ4v) is 2.33. The molecule has 0 radical (unpaired) electrons. The van der Waals surface area contributed by atoms with Crippen molar-refractivity contribution >= 4 is 11.9 Å². The van der Waals surface area contributed by atoms with Crippen LogP contribution in [0.1, 0.15) is 16.3 Å². The van der Waals surface area contributed by atoms with Gasteiger partial charge in [-0.1, -0.05) is 0 Å². The highest BCUT2D eigenvalue weighted by molar-refractivity contribution is 5.91. The average Bonchev–Trinajstić information content (AvgIpc) is 2.68. The number of nitrogens with one attached hydrogen (secondary N) is 1. The van der Waals surface area contributed by atoms with E-state index in [9.17, 15) is 9.59 Å². The maximum absolute atomic E-state index is 12.2. The summed E-state index contributed by atoms with van der Waals surface area (Å²) >= 11 is 0. The molecular weight excluding hydrogens is 342 g/mol. The summed E-state index contributed by atoms with van der Waals surface area (Å²) in [5.74, 6) is 0.397. The van der Waals surface area contributed by atoms with Gasteiger partial charge < -0.3 is 19.7 Å². The molecule has 1 fully saturated rings. The number of hydrogen-bond donors (Lipinski definition) is 1. The van der Waals surface area contributed by atoms with Crippen LogP contribution in [-0.4, -0.2) is 64.1 Å². The molecule has 1 aliphatic rings. The van der Waals surface area contributed by atoms with Crippen LogP contribution < -0.4 is 20.5 Å². The second-order valence-electron chi connectivity index (χ2n) is 5.50. The van der Waals surface area contributed by atoms with Crippen LogP contribution in [0.3, 0.4) is 0 Å². The third-order valence-corrected chi connectivity index (χ3v) is 3.73. The average molecular weight is 361 g/mol. The number of carbonyl (C=O) groups is 1. The Hall–Kier alpha value is -3.08. The van der Waals surface area contributed by atoms with Crippen LogP contribution in [0.25, 0.3) is 0 Å². The van der Waals surface area contributed by atoms with Gasteiger partial charge in [-0.05, 0) is 6.07 Å². The first-order valence-corrected chi connectivity index (χ1v) is 8.01. The van der Waals surface area contributed by atoms with E-state index < -0.39 is 5.91 Å². The molecule has 0 aliphatic carbocycles. The lowest BCUT2D eigenvalue weighted by atomic mass is 10.3. The highest BCUT2D eigenvalue weighted by atomic mass is 16.5. The lowest BCUT2D eigenvalue weighted by Crippen LogP contribution is -2.38. The van der Waals surface area contributed by atoms with Crippen LogP contribution in [0.2, 0.25) is 0 Å². The Morgan fingerprint density at radius 2 is 2.04 bits per heavy atom. The zero-order valence-corrected chi connectivity index (χ0v) is 14.5. The summed E-state index contributed by atoms with van der Waals surface area (Å²) in [4.78, 5) is 38.3. The molecule has 0 unspecified atom stereocenters. The zero-order valence-electron chi connectivity index (χ0n) is 14.5. The molecule has 0 saturated carbocycles. The van der Waals surface area contributed by atoms with E-state index in [0.29, 0.717) is 38.1 Å². The predicted molar refractivity (Wildman–Crippen MR) is 90.1 cm³/mol. The number of morpholine rings is 1. The molecule has 2 aromatic heterocycles. The molecule has 0 spiro atoms. The van der Waals surface area contributed by atoms with E-state index in [1.165, 1.54) is 26.3 Å². The normalized spacial score (nSPS) is 14.2. The topological polar surface area (TPSA) is 124 Å². The highest BCUT2D eigenvalue weighted by Gasteiger charge is 2.17. The number of aryl methyl sites for hydroxylation is 1. The van der Waals surface area contributed by atoms with Crippen molar-refractivity contribution in [3.8, 4) is 6.01 Å². The fourth-order valence-electron chi connectivity index (χ4n) is 2.33. The highest BCUT2D eigenvalue weighted by Crippen LogP contribution is 2.13. The molecule has 1 amide bonds. The molecule has 0 aromatic carbocycles. The standard InChI is InChI=1S/C15H19N7O4/c1-21-12(23)4-3-10(20-21)13(24)16-9-11-17-14(19-15(18-11)25-2)22-5-7-26-8-6-22/h3-4H,5-9H2,1-2H3,(H,16,24). The molecule has 26 heavy (non-hydrogen) atoms. The van der Waals surface area contributed by atoms with Gasteiger partial charge in [0.15, 0.2) is 5.82 Å². The number of ether oxygens (including phenoxy) is 2. The summed E-state index contributed by atoms with van der Waals surface area (Å²) in [5, 5.41) is 6.58. The van der Waals surface area contributed by atoms with E-state index >= 15 is 0 Å². The molecule has 2 aromatic rings. The van der Waals surface area contributed by atoms with Crippen LogP contribution in [-0.2, 0) is 18.3 Å². The van der Waals surface area contributed by atoms with Crippen molar-refractivity contribution in [1.29, 1.82) is 0 Å². The van der Waals surface area contributed by atoms with Gasteiger partial charge in [-0.25, -0.2) is 4.68 Å². The number of amides is 1. The van der Waals surface area contributed by atoms with Crippen molar-refractivity contribution in [3.63, 3.8) is 0 Å². The van der Waals surface area contributed by atoms with Gasteiger partial charge >= 0.3 is 6.01 Å². The van der Waals surface area contributed by atoms with E-state index in [1.54, 1.807) is 0 Å². The van der Waals surface area contributed by atoms with Gasteiger partial charge in [0.1, 0.15) is 5.69 Å². The summed E-state index contributed by atoms with van der Waals surface area (Å²) in [5.41, 5.74) is -0.166. The third kappa shape index (κ3) is 4.11. The summed E-state index contributed by atoms with van der Waals surface area (Å²) in [6.07, 6.45) is 0. The number of carbonyl (C=O) groups excluding carboxylic acids is 1. The molecule has 3 rings (SSSR count). The van der Waals surface area contributed by atoms with Gasteiger partial charge in [0.25, 0.3) is 11.5 Å². The molecule has 1 N–H and O–H groups in total. The van der Waals surface area contributed by atoms with E-state index in [2.05, 4.69) is 25.4 Å². The van der Waals surface area contributed by atoms with Gasteiger partial charge in [-0.2, -0.15) is 20.1 Å². The summed E-state index contributed by atoms with van der Waals surface area (Å²) in [7, 11) is 2.94. The number of methoxy groups -OCH3 is 1. The molecule has 0 bridgehead atoms. The van der Waals surface area contributed by atoms with E-state index in [-0.39, 0.29) is 23.8 Å². The fraction of sp³-hybridized carbons (Fsp3) is 0.467. The van der Waals surface area contributed by atoms with Crippen molar-refractivity contribution in [2.45, 2.75) is 6.54 Å². The Morgan fingerprint density at radius 3 is 2.73 bits per heavy atom. The van der Waals surface area contributed by atoms with E-state index in [4.69, 9.17) is 9.47 Å². The largest absolute Gasteiger partial charge is 0.467 e. The summed E-state index contributed by atoms with van der Waals surface area (Å²) in [6.45, 7) is 2.60. The molecule has 1 saturated heterocycles. The third-order valence-electron chi connectivity index (χ3n) is 3.73. The summed E-state index contributed by atoms with van der Waals surface area (Å²) < 4.78 is 11.5. The van der Waals surface area contributed by atoms with E-state index in [1.807, 2.05) is 4.90 Å². The summed E-state index contributed by atoms with van der Waals surface area (Å²) in [6, 6.07) is 2.82. The van der Waals surface area contributed by atoms with Crippen LogP contribution in [0.5, 0.6) is 6.01 Å². The van der Waals surface area contributed by atoms with Gasteiger partial charge in [0, 0.05) is 26.2 Å². The van der Waals surface area contributed by atoms with Crippen molar-refractivity contribution in [3.05, 3.63) is 34.0 Å². The first-order chi connectivity index (χ1) is 12.6. The second-order valence-corrected chi connectivity index (χ2v) is 5.50. The molecule has 1 aliphatic heterocycles. The minimum atomic E-state index is -0.437. The van der Waals surface area contributed by atoms with Gasteiger partial charge in [-0.15, -0.1) is 0 Å². The Balaban J connectivity index is 1.73. The van der Waals surface area contributed by atoms with Crippen LogP contribution >= 0.6 is 0 Å². The number of aromatic nitrogens is 5. The molecule has 3 heterocycles. The molecule has 0 atom stereocenters. The monoisotopic (exact) mass is 361 g/mol. The maximum atomic E-state index is 12.2.